The van der Waals surface area contributed by atoms with Crippen LogP contribution in [0.15, 0.2) is 77.3 Å². The second-order valence-corrected chi connectivity index (χ2v) is 7.39. The number of rotatable bonds is 6. The van der Waals surface area contributed by atoms with Gasteiger partial charge in [-0.3, -0.25) is 9.59 Å². The van der Waals surface area contributed by atoms with Gasteiger partial charge in [0.05, 0.1) is 0 Å². The van der Waals surface area contributed by atoms with Crippen molar-refractivity contribution in [2.24, 2.45) is 0 Å². The van der Waals surface area contributed by atoms with Crippen LogP contribution in [0.1, 0.15) is 27.9 Å². The lowest BCUT2D eigenvalue weighted by Crippen LogP contribution is -2.14. The van der Waals surface area contributed by atoms with Crippen LogP contribution in [0.3, 0.4) is 0 Å². The topological polar surface area (TPSA) is 58.2 Å². The molecule has 0 saturated carbocycles. The molecule has 5 heteroatoms. The summed E-state index contributed by atoms with van der Waals surface area (Å²) < 4.78 is 0.889. The van der Waals surface area contributed by atoms with Crippen molar-refractivity contribution in [3.63, 3.8) is 0 Å². The van der Waals surface area contributed by atoms with Gasteiger partial charge in [-0.05, 0) is 54.8 Å². The molecule has 0 atom stereocenters. The van der Waals surface area contributed by atoms with Crippen molar-refractivity contribution in [3.05, 3.63) is 94.0 Å². The molecule has 28 heavy (non-hydrogen) atoms. The van der Waals surface area contributed by atoms with Gasteiger partial charge in [-0.15, -0.1) is 0 Å². The number of carbonyl (C=O) groups excluding carboxylic acids is 2. The zero-order valence-electron chi connectivity index (χ0n) is 15.5. The monoisotopic (exact) mass is 436 g/mol. The van der Waals surface area contributed by atoms with Crippen molar-refractivity contribution in [2.45, 2.75) is 19.8 Å². The van der Waals surface area contributed by atoms with Gasteiger partial charge in [0, 0.05) is 27.8 Å². The Bertz CT molecular complexity index is 987. The van der Waals surface area contributed by atoms with Gasteiger partial charge >= 0.3 is 0 Å². The van der Waals surface area contributed by atoms with Gasteiger partial charge in [0.15, 0.2) is 0 Å². The fourth-order valence-electron chi connectivity index (χ4n) is 2.74. The first kappa shape index (κ1) is 19.8. The Kier molecular flexibility index (Phi) is 6.61. The highest BCUT2D eigenvalue weighted by Gasteiger charge is 2.09. The SMILES string of the molecule is Cc1ccc(C(=O)Nc2cccc(NC(=O)CCc3ccccc3)c2)cc1Br. The molecule has 3 rings (SSSR count). The summed E-state index contributed by atoms with van der Waals surface area (Å²) in [5, 5.41) is 5.75. The van der Waals surface area contributed by atoms with Crippen LogP contribution >= 0.6 is 15.9 Å². The summed E-state index contributed by atoms with van der Waals surface area (Å²) in [6, 6.07) is 22.5. The molecule has 0 radical (unpaired) electrons. The van der Waals surface area contributed by atoms with Crippen LogP contribution in [0, 0.1) is 6.92 Å². The Labute approximate surface area is 173 Å². The number of halogens is 1. The summed E-state index contributed by atoms with van der Waals surface area (Å²) in [5.74, 6) is -0.261. The first-order valence-electron chi connectivity index (χ1n) is 9.02. The molecule has 0 fully saturated rings. The molecule has 0 bridgehead atoms. The highest BCUT2D eigenvalue weighted by Crippen LogP contribution is 2.20. The lowest BCUT2D eigenvalue weighted by atomic mass is 10.1. The maximum atomic E-state index is 12.5. The Morgan fingerprint density at radius 2 is 1.57 bits per heavy atom. The minimum atomic E-state index is -0.201. The number of carbonyl (C=O) groups is 2. The van der Waals surface area contributed by atoms with Crippen LogP contribution in [0.25, 0.3) is 0 Å². The maximum Gasteiger partial charge on any atom is 0.255 e. The molecule has 142 valence electrons. The number of anilines is 2. The predicted molar refractivity (Wildman–Crippen MR) is 117 cm³/mol. The zero-order chi connectivity index (χ0) is 19.9. The van der Waals surface area contributed by atoms with E-state index in [-0.39, 0.29) is 11.8 Å². The summed E-state index contributed by atoms with van der Waals surface area (Å²) in [6.45, 7) is 1.97. The number of amides is 2. The van der Waals surface area contributed by atoms with Gasteiger partial charge in [-0.25, -0.2) is 0 Å². The van der Waals surface area contributed by atoms with E-state index in [2.05, 4.69) is 26.6 Å². The van der Waals surface area contributed by atoms with Crippen molar-refractivity contribution in [1.29, 1.82) is 0 Å². The molecule has 3 aromatic rings. The Morgan fingerprint density at radius 3 is 2.29 bits per heavy atom. The van der Waals surface area contributed by atoms with Gasteiger partial charge in [0.2, 0.25) is 5.91 Å². The normalized spacial score (nSPS) is 10.4. The molecule has 0 unspecified atom stereocenters. The molecule has 0 aliphatic rings. The molecule has 0 aliphatic heterocycles. The molecular formula is C23H21BrN2O2. The van der Waals surface area contributed by atoms with Crippen LogP contribution in [-0.4, -0.2) is 11.8 Å². The molecule has 2 amide bonds. The quantitative estimate of drug-likeness (QED) is 0.529. The minimum Gasteiger partial charge on any atom is -0.326 e. The lowest BCUT2D eigenvalue weighted by molar-refractivity contribution is -0.116. The lowest BCUT2D eigenvalue weighted by Gasteiger charge is -2.10. The van der Waals surface area contributed by atoms with Gasteiger partial charge in [0.25, 0.3) is 5.91 Å². The summed E-state index contributed by atoms with van der Waals surface area (Å²) in [4.78, 5) is 24.7. The van der Waals surface area contributed by atoms with Crippen LogP contribution in [0.4, 0.5) is 11.4 Å². The van der Waals surface area contributed by atoms with Crippen molar-refractivity contribution in [3.8, 4) is 0 Å². The summed E-state index contributed by atoms with van der Waals surface area (Å²) >= 11 is 3.44. The van der Waals surface area contributed by atoms with E-state index in [1.54, 1.807) is 36.4 Å². The van der Waals surface area contributed by atoms with E-state index >= 15 is 0 Å². The number of hydrogen-bond acceptors (Lipinski definition) is 2. The Hall–Kier alpha value is -2.92. The van der Waals surface area contributed by atoms with Crippen molar-refractivity contribution in [2.75, 3.05) is 10.6 Å². The second-order valence-electron chi connectivity index (χ2n) is 6.53. The van der Waals surface area contributed by atoms with E-state index in [0.29, 0.717) is 29.8 Å². The first-order chi connectivity index (χ1) is 13.5. The van der Waals surface area contributed by atoms with Crippen LogP contribution in [0.5, 0.6) is 0 Å². The van der Waals surface area contributed by atoms with Gasteiger partial charge in [0.1, 0.15) is 0 Å². The smallest absolute Gasteiger partial charge is 0.255 e. The van der Waals surface area contributed by atoms with Crippen molar-refractivity contribution < 1.29 is 9.59 Å². The van der Waals surface area contributed by atoms with Crippen molar-refractivity contribution >= 4 is 39.1 Å². The maximum absolute atomic E-state index is 12.5. The summed E-state index contributed by atoms with van der Waals surface area (Å²) in [6.07, 6.45) is 1.09. The third kappa shape index (κ3) is 5.54. The largest absolute Gasteiger partial charge is 0.326 e. The van der Waals surface area contributed by atoms with Crippen LogP contribution < -0.4 is 10.6 Å². The molecular weight excluding hydrogens is 416 g/mol. The third-order valence-electron chi connectivity index (χ3n) is 4.32. The van der Waals surface area contributed by atoms with Gasteiger partial charge in [-0.1, -0.05) is 58.4 Å². The molecule has 2 N–H and O–H groups in total. The zero-order valence-corrected chi connectivity index (χ0v) is 17.1. The molecule has 0 saturated heterocycles. The van der Waals surface area contributed by atoms with Crippen LogP contribution in [0.2, 0.25) is 0 Å². The fraction of sp³-hybridized carbons (Fsp3) is 0.130. The minimum absolute atomic E-state index is 0.0604. The fourth-order valence-corrected chi connectivity index (χ4v) is 3.12. The number of aryl methyl sites for hydroxylation is 2. The van der Waals surface area contributed by atoms with E-state index < -0.39 is 0 Å². The Morgan fingerprint density at radius 1 is 0.857 bits per heavy atom. The van der Waals surface area contributed by atoms with E-state index in [9.17, 15) is 9.59 Å². The molecule has 0 heterocycles. The average molecular weight is 437 g/mol. The average Bonchev–Trinajstić information content (AvgIpc) is 2.69. The first-order valence-corrected chi connectivity index (χ1v) is 9.82. The Balaban J connectivity index is 1.59. The van der Waals surface area contributed by atoms with Crippen LogP contribution in [-0.2, 0) is 11.2 Å². The van der Waals surface area contributed by atoms with E-state index in [1.807, 2.05) is 43.3 Å². The number of benzene rings is 3. The van der Waals surface area contributed by atoms with E-state index in [1.165, 1.54) is 0 Å². The highest BCUT2D eigenvalue weighted by atomic mass is 79.9. The standard InChI is InChI=1S/C23H21BrN2O2/c1-16-10-12-18(14-21(16)24)23(28)26-20-9-5-8-19(15-20)25-22(27)13-11-17-6-3-2-4-7-17/h2-10,12,14-15H,11,13H2,1H3,(H,25,27)(H,26,28). The number of hydrogen-bond donors (Lipinski definition) is 2. The highest BCUT2D eigenvalue weighted by molar-refractivity contribution is 9.10. The molecule has 0 aliphatic carbocycles. The molecule has 0 aromatic heterocycles. The van der Waals surface area contributed by atoms with Gasteiger partial charge in [-0.2, -0.15) is 0 Å². The van der Waals surface area contributed by atoms with E-state index in [4.69, 9.17) is 0 Å². The van der Waals surface area contributed by atoms with E-state index in [0.717, 1.165) is 15.6 Å². The summed E-state index contributed by atoms with van der Waals surface area (Å²) in [7, 11) is 0. The van der Waals surface area contributed by atoms with Gasteiger partial charge < -0.3 is 10.6 Å². The predicted octanol–water partition coefficient (Wildman–Crippen LogP) is 5.58. The summed E-state index contributed by atoms with van der Waals surface area (Å²) in [5.41, 5.74) is 4.04. The third-order valence-corrected chi connectivity index (χ3v) is 5.18. The van der Waals surface area contributed by atoms with Crippen molar-refractivity contribution in [1.82, 2.24) is 0 Å². The number of nitrogens with one attached hydrogen (secondary N) is 2. The second kappa shape index (κ2) is 9.33. The molecule has 0 spiro atoms. The molecule has 3 aromatic carbocycles. The molecule has 4 nitrogen and oxygen atoms in total.